The monoisotopic (exact) mass is 289 g/mol. The summed E-state index contributed by atoms with van der Waals surface area (Å²) >= 11 is 5.86. The Hall–Kier alpha value is -1.87. The van der Waals surface area contributed by atoms with Crippen molar-refractivity contribution < 1.29 is 23.0 Å². The van der Waals surface area contributed by atoms with E-state index >= 15 is 0 Å². The number of carbonyl (C=O) groups is 1. The Morgan fingerprint density at radius 2 is 2.21 bits per heavy atom. The zero-order valence-electron chi connectivity index (χ0n) is 9.95. The summed E-state index contributed by atoms with van der Waals surface area (Å²) < 4.78 is 33.6. The number of hydrogen-bond donors (Lipinski definition) is 0. The lowest BCUT2D eigenvalue weighted by molar-refractivity contribution is -0.142. The van der Waals surface area contributed by atoms with Crippen LogP contribution >= 0.6 is 11.6 Å². The summed E-state index contributed by atoms with van der Waals surface area (Å²) in [6, 6.07) is 4.14. The van der Waals surface area contributed by atoms with Gasteiger partial charge in [-0.3, -0.25) is 4.79 Å². The molecule has 0 unspecified atom stereocenters. The van der Waals surface area contributed by atoms with Crippen LogP contribution in [0, 0.1) is 11.3 Å². The lowest BCUT2D eigenvalue weighted by Crippen LogP contribution is -2.11. The minimum absolute atomic E-state index is 0.00255. The molecule has 0 heterocycles. The number of nitriles is 1. The van der Waals surface area contributed by atoms with Gasteiger partial charge in [0.15, 0.2) is 0 Å². The van der Waals surface area contributed by atoms with E-state index < -0.39 is 12.6 Å². The molecule has 19 heavy (non-hydrogen) atoms. The summed E-state index contributed by atoms with van der Waals surface area (Å²) in [4.78, 5) is 11.4. The Morgan fingerprint density at radius 3 is 2.74 bits per heavy atom. The molecule has 0 aliphatic carbocycles. The third kappa shape index (κ3) is 4.38. The van der Waals surface area contributed by atoms with Crippen molar-refractivity contribution in [2.45, 2.75) is 20.0 Å². The molecule has 102 valence electrons. The number of carbonyl (C=O) groups excluding carboxylic acids is 1. The fourth-order valence-corrected chi connectivity index (χ4v) is 1.68. The van der Waals surface area contributed by atoms with Gasteiger partial charge in [0.05, 0.1) is 24.7 Å². The molecule has 0 fully saturated rings. The van der Waals surface area contributed by atoms with E-state index in [-0.39, 0.29) is 34.9 Å². The number of alkyl halides is 2. The highest BCUT2D eigenvalue weighted by Gasteiger charge is 2.18. The molecule has 0 bridgehead atoms. The fraction of sp³-hybridized carbons (Fsp3) is 0.333. The largest absolute Gasteiger partial charge is 0.466 e. The van der Waals surface area contributed by atoms with Gasteiger partial charge in [0.1, 0.15) is 5.75 Å². The molecular weight excluding hydrogens is 280 g/mol. The second-order valence-electron chi connectivity index (χ2n) is 3.41. The molecule has 0 aliphatic heterocycles. The summed E-state index contributed by atoms with van der Waals surface area (Å²) in [5, 5.41) is 8.74. The maximum absolute atomic E-state index is 12.3. The number of benzene rings is 1. The summed E-state index contributed by atoms with van der Waals surface area (Å²) in [5.41, 5.74) is 0.132. The smallest absolute Gasteiger partial charge is 0.387 e. The number of hydrogen-bond acceptors (Lipinski definition) is 4. The standard InChI is InChI=1S/C12H10ClF2NO3/c1-2-18-11(17)5-8-9(13)3-7(6-16)4-10(8)19-12(14)15/h3-4,12H,2,5H2,1H3. The molecule has 1 aromatic rings. The van der Waals surface area contributed by atoms with Crippen LogP contribution in [0.4, 0.5) is 8.78 Å². The van der Waals surface area contributed by atoms with Crippen LogP contribution in [0.1, 0.15) is 18.1 Å². The average molecular weight is 290 g/mol. The van der Waals surface area contributed by atoms with Gasteiger partial charge in [-0.05, 0) is 19.1 Å². The summed E-state index contributed by atoms with van der Waals surface area (Å²) in [6.45, 7) is -1.29. The summed E-state index contributed by atoms with van der Waals surface area (Å²) in [5.74, 6) is -0.916. The SMILES string of the molecule is CCOC(=O)Cc1c(Cl)cc(C#N)cc1OC(F)F. The predicted octanol–water partition coefficient (Wildman–Crippen LogP) is 2.92. The Balaban J connectivity index is 3.13. The third-order valence-corrected chi connectivity index (χ3v) is 2.46. The Labute approximate surface area is 113 Å². The van der Waals surface area contributed by atoms with Gasteiger partial charge in [0, 0.05) is 10.6 Å². The molecule has 1 aromatic carbocycles. The van der Waals surface area contributed by atoms with Crippen molar-refractivity contribution >= 4 is 17.6 Å². The van der Waals surface area contributed by atoms with Gasteiger partial charge in [-0.25, -0.2) is 0 Å². The Kier molecular flexibility index (Phi) is 5.52. The zero-order chi connectivity index (χ0) is 14.4. The van der Waals surface area contributed by atoms with Crippen molar-refractivity contribution in [3.63, 3.8) is 0 Å². The minimum Gasteiger partial charge on any atom is -0.466 e. The second-order valence-corrected chi connectivity index (χ2v) is 3.81. The van der Waals surface area contributed by atoms with Crippen molar-refractivity contribution in [3.8, 4) is 11.8 Å². The molecule has 0 aliphatic rings. The number of rotatable bonds is 5. The molecule has 7 heteroatoms. The Morgan fingerprint density at radius 1 is 1.53 bits per heavy atom. The molecule has 0 N–H and O–H groups in total. The first-order valence-corrected chi connectivity index (χ1v) is 5.68. The van der Waals surface area contributed by atoms with Gasteiger partial charge >= 0.3 is 12.6 Å². The van der Waals surface area contributed by atoms with E-state index in [0.717, 1.165) is 6.07 Å². The van der Waals surface area contributed by atoms with Gasteiger partial charge in [0.2, 0.25) is 0 Å². The first-order valence-electron chi connectivity index (χ1n) is 5.30. The number of halogens is 3. The van der Waals surface area contributed by atoms with E-state index in [1.807, 2.05) is 0 Å². The highest BCUT2D eigenvalue weighted by molar-refractivity contribution is 6.31. The first-order chi connectivity index (χ1) is 8.97. The molecule has 0 atom stereocenters. The van der Waals surface area contributed by atoms with Crippen LogP contribution in [0.2, 0.25) is 5.02 Å². The van der Waals surface area contributed by atoms with Crippen LogP contribution in [-0.2, 0) is 16.0 Å². The normalized spacial score (nSPS) is 10.1. The van der Waals surface area contributed by atoms with Crippen molar-refractivity contribution in [2.24, 2.45) is 0 Å². The molecule has 4 nitrogen and oxygen atoms in total. The second kappa shape index (κ2) is 6.90. The van der Waals surface area contributed by atoms with Crippen molar-refractivity contribution in [1.29, 1.82) is 5.26 Å². The van der Waals surface area contributed by atoms with E-state index in [4.69, 9.17) is 21.6 Å². The lowest BCUT2D eigenvalue weighted by atomic mass is 10.1. The van der Waals surface area contributed by atoms with Crippen LogP contribution < -0.4 is 4.74 Å². The van der Waals surface area contributed by atoms with E-state index in [0.29, 0.717) is 0 Å². The molecular formula is C12H10ClF2NO3. The van der Waals surface area contributed by atoms with Crippen molar-refractivity contribution in [2.75, 3.05) is 6.61 Å². The van der Waals surface area contributed by atoms with E-state index in [1.165, 1.54) is 6.07 Å². The zero-order valence-corrected chi connectivity index (χ0v) is 10.7. The number of esters is 1. The Bertz CT molecular complexity index is 514. The quantitative estimate of drug-likeness (QED) is 0.782. The van der Waals surface area contributed by atoms with Gasteiger partial charge < -0.3 is 9.47 Å². The molecule has 0 aromatic heterocycles. The van der Waals surface area contributed by atoms with Crippen LogP contribution in [0.15, 0.2) is 12.1 Å². The summed E-state index contributed by atoms with van der Waals surface area (Å²) in [6.07, 6.45) is -0.305. The third-order valence-electron chi connectivity index (χ3n) is 2.13. The molecule has 0 radical (unpaired) electrons. The van der Waals surface area contributed by atoms with Crippen molar-refractivity contribution in [1.82, 2.24) is 0 Å². The van der Waals surface area contributed by atoms with E-state index in [2.05, 4.69) is 4.74 Å². The van der Waals surface area contributed by atoms with Crippen LogP contribution in [-0.4, -0.2) is 19.2 Å². The van der Waals surface area contributed by atoms with Gasteiger partial charge in [-0.1, -0.05) is 11.6 Å². The predicted molar refractivity (Wildman–Crippen MR) is 63.1 cm³/mol. The summed E-state index contributed by atoms with van der Waals surface area (Å²) in [7, 11) is 0. The molecule has 0 saturated heterocycles. The van der Waals surface area contributed by atoms with Gasteiger partial charge in [-0.2, -0.15) is 14.0 Å². The molecule has 0 amide bonds. The average Bonchev–Trinajstić information content (AvgIpc) is 2.32. The number of ether oxygens (including phenoxy) is 2. The number of nitrogens with zero attached hydrogens (tertiary/aromatic N) is 1. The lowest BCUT2D eigenvalue weighted by Gasteiger charge is -2.12. The first kappa shape index (κ1) is 15.2. The van der Waals surface area contributed by atoms with Crippen molar-refractivity contribution in [3.05, 3.63) is 28.3 Å². The van der Waals surface area contributed by atoms with E-state index in [1.54, 1.807) is 13.0 Å². The van der Waals surface area contributed by atoms with E-state index in [9.17, 15) is 13.6 Å². The minimum atomic E-state index is -3.08. The fourth-order valence-electron chi connectivity index (χ4n) is 1.40. The maximum Gasteiger partial charge on any atom is 0.387 e. The van der Waals surface area contributed by atoms with Crippen LogP contribution in [0.5, 0.6) is 5.75 Å². The molecule has 1 rings (SSSR count). The molecule has 0 saturated carbocycles. The highest BCUT2D eigenvalue weighted by Crippen LogP contribution is 2.30. The van der Waals surface area contributed by atoms with Gasteiger partial charge in [0.25, 0.3) is 0 Å². The van der Waals surface area contributed by atoms with Crippen LogP contribution in [0.25, 0.3) is 0 Å². The maximum atomic E-state index is 12.3. The topological polar surface area (TPSA) is 59.3 Å². The highest BCUT2D eigenvalue weighted by atomic mass is 35.5. The van der Waals surface area contributed by atoms with Gasteiger partial charge in [-0.15, -0.1) is 0 Å². The molecule has 0 spiro atoms. The van der Waals surface area contributed by atoms with Crippen LogP contribution in [0.3, 0.4) is 0 Å².